The number of halogens is 2. The molecular weight excluding hydrogens is 279 g/mol. The van der Waals surface area contributed by atoms with Crippen molar-refractivity contribution in [2.45, 2.75) is 13.5 Å². The average Bonchev–Trinajstić information content (AvgIpc) is 2.36. The molecule has 0 saturated carbocycles. The topological polar surface area (TPSA) is 35.8 Å². The van der Waals surface area contributed by atoms with Gasteiger partial charge in [-0.25, -0.2) is 0 Å². The lowest BCUT2D eigenvalue weighted by molar-refractivity contribution is 1.12. The van der Waals surface area contributed by atoms with Gasteiger partial charge in [-0.1, -0.05) is 29.3 Å². The van der Waals surface area contributed by atoms with Crippen LogP contribution in [0.2, 0.25) is 10.0 Å². The molecule has 2 rings (SSSR count). The molecule has 0 atom stereocenters. The fourth-order valence-corrected chi connectivity index (χ4v) is 2.34. The van der Waals surface area contributed by atoms with Gasteiger partial charge in [0.05, 0.1) is 11.6 Å². The van der Waals surface area contributed by atoms with Crippen LogP contribution in [0.15, 0.2) is 36.4 Å². The van der Waals surface area contributed by atoms with Crippen LogP contribution in [0.25, 0.3) is 0 Å². The summed E-state index contributed by atoms with van der Waals surface area (Å²) in [6, 6.07) is 13.1. The number of nitrogens with one attached hydrogen (secondary N) is 1. The number of rotatable bonds is 3. The normalized spacial score (nSPS) is 10.0. The van der Waals surface area contributed by atoms with E-state index in [2.05, 4.69) is 11.4 Å². The van der Waals surface area contributed by atoms with Crippen LogP contribution in [-0.4, -0.2) is 0 Å². The van der Waals surface area contributed by atoms with E-state index in [1.807, 2.05) is 37.3 Å². The molecular formula is C15H12Cl2N2. The first kappa shape index (κ1) is 13.7. The summed E-state index contributed by atoms with van der Waals surface area (Å²) in [6.07, 6.45) is 0. The number of anilines is 1. The molecule has 0 radical (unpaired) electrons. The Morgan fingerprint density at radius 1 is 1.11 bits per heavy atom. The molecule has 19 heavy (non-hydrogen) atoms. The SMILES string of the molecule is Cc1cc(C#N)ccc1CNc1cc(Cl)cc(Cl)c1. The lowest BCUT2D eigenvalue weighted by Crippen LogP contribution is -2.01. The highest BCUT2D eigenvalue weighted by molar-refractivity contribution is 6.35. The van der Waals surface area contributed by atoms with Crippen molar-refractivity contribution in [3.63, 3.8) is 0 Å². The fourth-order valence-electron chi connectivity index (χ4n) is 1.82. The van der Waals surface area contributed by atoms with Gasteiger partial charge in [0.15, 0.2) is 0 Å². The van der Waals surface area contributed by atoms with Crippen LogP contribution in [0.4, 0.5) is 5.69 Å². The second-order valence-corrected chi connectivity index (χ2v) is 5.14. The average molecular weight is 291 g/mol. The Labute approximate surface area is 122 Å². The third-order valence-corrected chi connectivity index (χ3v) is 3.25. The predicted octanol–water partition coefficient (Wildman–Crippen LogP) is 4.79. The van der Waals surface area contributed by atoms with Crippen molar-refractivity contribution in [1.29, 1.82) is 5.26 Å². The Balaban J connectivity index is 2.12. The van der Waals surface area contributed by atoms with Gasteiger partial charge in [-0.15, -0.1) is 0 Å². The number of aryl methyl sites for hydroxylation is 1. The van der Waals surface area contributed by atoms with Gasteiger partial charge in [0.25, 0.3) is 0 Å². The van der Waals surface area contributed by atoms with Gasteiger partial charge in [-0.05, 0) is 48.4 Å². The Hall–Kier alpha value is -1.69. The zero-order chi connectivity index (χ0) is 13.8. The van der Waals surface area contributed by atoms with Crippen LogP contribution in [-0.2, 0) is 6.54 Å². The van der Waals surface area contributed by atoms with Crippen molar-refractivity contribution in [3.8, 4) is 6.07 Å². The molecule has 4 heteroatoms. The minimum atomic E-state index is 0.603. The number of nitriles is 1. The van der Waals surface area contributed by atoms with Crippen molar-refractivity contribution in [2.75, 3.05) is 5.32 Å². The molecule has 2 aromatic carbocycles. The quantitative estimate of drug-likeness (QED) is 0.882. The second kappa shape index (κ2) is 5.97. The van der Waals surface area contributed by atoms with Gasteiger partial charge in [0.1, 0.15) is 0 Å². The largest absolute Gasteiger partial charge is 0.381 e. The van der Waals surface area contributed by atoms with Crippen LogP contribution < -0.4 is 5.32 Å². The molecule has 0 aliphatic rings. The second-order valence-electron chi connectivity index (χ2n) is 4.26. The molecule has 0 spiro atoms. The van der Waals surface area contributed by atoms with E-state index in [0.29, 0.717) is 22.2 Å². The fraction of sp³-hybridized carbons (Fsp3) is 0.133. The van der Waals surface area contributed by atoms with E-state index < -0.39 is 0 Å². The number of hydrogen-bond acceptors (Lipinski definition) is 2. The first-order chi connectivity index (χ1) is 9.08. The highest BCUT2D eigenvalue weighted by Crippen LogP contribution is 2.23. The zero-order valence-electron chi connectivity index (χ0n) is 10.4. The van der Waals surface area contributed by atoms with Crippen molar-refractivity contribution < 1.29 is 0 Å². The number of hydrogen-bond donors (Lipinski definition) is 1. The molecule has 0 heterocycles. The Kier molecular flexibility index (Phi) is 4.31. The minimum Gasteiger partial charge on any atom is -0.381 e. The van der Waals surface area contributed by atoms with Crippen molar-refractivity contribution in [2.24, 2.45) is 0 Å². The van der Waals surface area contributed by atoms with Gasteiger partial charge in [-0.3, -0.25) is 0 Å². The monoisotopic (exact) mass is 290 g/mol. The highest BCUT2D eigenvalue weighted by atomic mass is 35.5. The zero-order valence-corrected chi connectivity index (χ0v) is 11.9. The first-order valence-corrected chi connectivity index (χ1v) is 6.53. The van der Waals surface area contributed by atoms with Crippen LogP contribution in [0.1, 0.15) is 16.7 Å². The Morgan fingerprint density at radius 2 is 1.79 bits per heavy atom. The molecule has 0 aliphatic carbocycles. The lowest BCUT2D eigenvalue weighted by Gasteiger charge is -2.10. The third kappa shape index (κ3) is 3.64. The Morgan fingerprint density at radius 3 is 2.37 bits per heavy atom. The summed E-state index contributed by atoms with van der Waals surface area (Å²) in [5, 5.41) is 13.3. The molecule has 2 aromatic rings. The first-order valence-electron chi connectivity index (χ1n) is 5.78. The van der Waals surface area contributed by atoms with Crippen molar-refractivity contribution >= 4 is 28.9 Å². The van der Waals surface area contributed by atoms with Gasteiger partial charge in [-0.2, -0.15) is 5.26 Å². The van der Waals surface area contributed by atoms with E-state index in [-0.39, 0.29) is 0 Å². The molecule has 0 saturated heterocycles. The smallest absolute Gasteiger partial charge is 0.0991 e. The van der Waals surface area contributed by atoms with Crippen molar-refractivity contribution in [3.05, 3.63) is 63.1 Å². The van der Waals surface area contributed by atoms with Crippen molar-refractivity contribution in [1.82, 2.24) is 0 Å². The maximum absolute atomic E-state index is 8.83. The standard InChI is InChI=1S/C15H12Cl2N2/c1-10-4-11(8-18)2-3-12(10)9-19-15-6-13(16)5-14(17)7-15/h2-7,19H,9H2,1H3. The minimum absolute atomic E-state index is 0.603. The molecule has 0 fully saturated rings. The number of nitrogens with zero attached hydrogens (tertiary/aromatic N) is 1. The van der Waals surface area contributed by atoms with Crippen LogP contribution in [0.3, 0.4) is 0 Å². The van der Waals surface area contributed by atoms with E-state index in [9.17, 15) is 0 Å². The summed E-state index contributed by atoms with van der Waals surface area (Å²) in [4.78, 5) is 0. The Bertz CT molecular complexity index is 625. The van der Waals surface area contributed by atoms with E-state index in [0.717, 1.165) is 16.8 Å². The molecule has 96 valence electrons. The molecule has 0 bridgehead atoms. The number of benzene rings is 2. The van der Waals surface area contributed by atoms with Crippen LogP contribution in [0, 0.1) is 18.3 Å². The summed E-state index contributed by atoms with van der Waals surface area (Å²) >= 11 is 11.9. The lowest BCUT2D eigenvalue weighted by atomic mass is 10.1. The van der Waals surface area contributed by atoms with Gasteiger partial charge < -0.3 is 5.32 Å². The molecule has 0 aliphatic heterocycles. The molecule has 1 N–H and O–H groups in total. The summed E-state index contributed by atoms with van der Waals surface area (Å²) in [5.74, 6) is 0. The predicted molar refractivity (Wildman–Crippen MR) is 79.7 cm³/mol. The molecule has 2 nitrogen and oxygen atoms in total. The summed E-state index contributed by atoms with van der Waals surface area (Å²) in [5.41, 5.74) is 3.77. The van der Waals surface area contributed by atoms with Gasteiger partial charge >= 0.3 is 0 Å². The van der Waals surface area contributed by atoms with E-state index in [1.54, 1.807) is 6.07 Å². The van der Waals surface area contributed by atoms with Crippen LogP contribution in [0.5, 0.6) is 0 Å². The maximum atomic E-state index is 8.83. The summed E-state index contributed by atoms with van der Waals surface area (Å²) in [6.45, 7) is 2.65. The highest BCUT2D eigenvalue weighted by Gasteiger charge is 2.02. The third-order valence-electron chi connectivity index (χ3n) is 2.82. The molecule has 0 unspecified atom stereocenters. The van der Waals surface area contributed by atoms with Gasteiger partial charge in [0, 0.05) is 22.3 Å². The van der Waals surface area contributed by atoms with E-state index in [1.165, 1.54) is 0 Å². The molecule has 0 amide bonds. The summed E-state index contributed by atoms with van der Waals surface area (Å²) < 4.78 is 0. The maximum Gasteiger partial charge on any atom is 0.0991 e. The van der Waals surface area contributed by atoms with Gasteiger partial charge in [0.2, 0.25) is 0 Å². The summed E-state index contributed by atoms with van der Waals surface area (Å²) in [7, 11) is 0. The van der Waals surface area contributed by atoms with Crippen LogP contribution >= 0.6 is 23.2 Å². The van der Waals surface area contributed by atoms with E-state index >= 15 is 0 Å². The van der Waals surface area contributed by atoms with E-state index in [4.69, 9.17) is 28.5 Å². The molecule has 0 aromatic heterocycles.